The third kappa shape index (κ3) is 4.27. The van der Waals surface area contributed by atoms with Gasteiger partial charge in [0.1, 0.15) is 9.84 Å². The second kappa shape index (κ2) is 5.82. The van der Waals surface area contributed by atoms with Gasteiger partial charge >= 0.3 is 5.97 Å². The van der Waals surface area contributed by atoms with Crippen molar-refractivity contribution in [2.75, 3.05) is 18.1 Å². The van der Waals surface area contributed by atoms with Crippen LogP contribution < -0.4 is 0 Å². The second-order valence-electron chi connectivity index (χ2n) is 4.66. The summed E-state index contributed by atoms with van der Waals surface area (Å²) in [4.78, 5) is 12.8. The maximum Gasteiger partial charge on any atom is 0.304 e. The summed E-state index contributed by atoms with van der Waals surface area (Å²) in [6, 6.07) is 0.168. The lowest BCUT2D eigenvalue weighted by molar-refractivity contribution is -0.138. The van der Waals surface area contributed by atoms with E-state index in [1.165, 1.54) is 0 Å². The molecule has 17 heavy (non-hydrogen) atoms. The average molecular weight is 263 g/mol. The molecule has 0 aromatic carbocycles. The SMILES string of the molecule is CCN(C(C)CC(=O)O)C1CCS(=O)(=O)CC1. The van der Waals surface area contributed by atoms with Crippen molar-refractivity contribution in [1.29, 1.82) is 0 Å². The Morgan fingerprint density at radius 2 is 1.94 bits per heavy atom. The summed E-state index contributed by atoms with van der Waals surface area (Å²) in [5.41, 5.74) is 0. The smallest absolute Gasteiger partial charge is 0.304 e. The second-order valence-corrected chi connectivity index (χ2v) is 6.96. The van der Waals surface area contributed by atoms with Gasteiger partial charge in [-0.2, -0.15) is 0 Å². The minimum absolute atomic E-state index is 0.0386. The van der Waals surface area contributed by atoms with E-state index < -0.39 is 15.8 Å². The van der Waals surface area contributed by atoms with Crippen molar-refractivity contribution in [3.63, 3.8) is 0 Å². The molecule has 1 aliphatic heterocycles. The first-order valence-electron chi connectivity index (χ1n) is 6.03. The van der Waals surface area contributed by atoms with Crippen LogP contribution in [-0.4, -0.2) is 54.5 Å². The Balaban J connectivity index is 2.60. The number of aliphatic carboxylic acids is 1. The number of carbonyl (C=O) groups is 1. The number of hydrogen-bond donors (Lipinski definition) is 1. The van der Waals surface area contributed by atoms with Gasteiger partial charge in [0.15, 0.2) is 0 Å². The Kier molecular flexibility index (Phi) is 4.94. The van der Waals surface area contributed by atoms with Crippen molar-refractivity contribution in [2.45, 2.75) is 45.2 Å². The molecule has 1 fully saturated rings. The lowest BCUT2D eigenvalue weighted by Gasteiger charge is -2.37. The van der Waals surface area contributed by atoms with Crippen molar-refractivity contribution >= 4 is 15.8 Å². The molecule has 0 aromatic heterocycles. The molecule has 5 nitrogen and oxygen atoms in total. The molecule has 1 N–H and O–H groups in total. The van der Waals surface area contributed by atoms with Crippen molar-refractivity contribution < 1.29 is 18.3 Å². The van der Waals surface area contributed by atoms with E-state index in [1.54, 1.807) is 0 Å². The first-order chi connectivity index (χ1) is 7.85. The third-order valence-corrected chi connectivity index (χ3v) is 5.11. The third-order valence-electron chi connectivity index (χ3n) is 3.39. The largest absolute Gasteiger partial charge is 0.481 e. The van der Waals surface area contributed by atoms with Crippen LogP contribution in [0.3, 0.4) is 0 Å². The van der Waals surface area contributed by atoms with Crippen molar-refractivity contribution in [3.8, 4) is 0 Å². The number of sulfone groups is 1. The zero-order valence-electron chi connectivity index (χ0n) is 10.4. The Morgan fingerprint density at radius 3 is 2.35 bits per heavy atom. The number of rotatable bonds is 5. The molecule has 0 amide bonds. The fourth-order valence-corrected chi connectivity index (χ4v) is 3.98. The summed E-state index contributed by atoms with van der Waals surface area (Å²) in [7, 11) is -2.85. The summed E-state index contributed by atoms with van der Waals surface area (Å²) in [6.07, 6.45) is 1.36. The highest BCUT2D eigenvalue weighted by molar-refractivity contribution is 7.91. The molecular weight excluding hydrogens is 242 g/mol. The molecule has 0 spiro atoms. The fraction of sp³-hybridized carbons (Fsp3) is 0.909. The van der Waals surface area contributed by atoms with Gasteiger partial charge in [-0.05, 0) is 26.3 Å². The maximum absolute atomic E-state index is 11.3. The Labute approximate surface area is 103 Å². The van der Waals surface area contributed by atoms with E-state index >= 15 is 0 Å². The van der Waals surface area contributed by atoms with Crippen LogP contribution in [0.4, 0.5) is 0 Å². The molecular formula is C11H21NO4S. The highest BCUT2D eigenvalue weighted by atomic mass is 32.2. The standard InChI is InChI=1S/C11H21NO4S/c1-3-12(9(2)8-11(13)14)10-4-6-17(15,16)7-5-10/h9-10H,3-8H2,1-2H3,(H,13,14). The highest BCUT2D eigenvalue weighted by Gasteiger charge is 2.30. The Bertz CT molecular complexity index is 352. The van der Waals surface area contributed by atoms with Crippen LogP contribution >= 0.6 is 0 Å². The predicted molar refractivity (Wildman–Crippen MR) is 65.8 cm³/mol. The van der Waals surface area contributed by atoms with Gasteiger partial charge in [0.05, 0.1) is 17.9 Å². The molecule has 1 atom stereocenters. The van der Waals surface area contributed by atoms with E-state index in [4.69, 9.17) is 5.11 Å². The van der Waals surface area contributed by atoms with Gasteiger partial charge in [0, 0.05) is 12.1 Å². The van der Waals surface area contributed by atoms with E-state index in [0.717, 1.165) is 6.54 Å². The molecule has 1 unspecified atom stereocenters. The molecule has 1 rings (SSSR count). The fourth-order valence-electron chi connectivity index (χ4n) is 2.51. The zero-order valence-corrected chi connectivity index (χ0v) is 11.2. The molecule has 0 radical (unpaired) electrons. The predicted octanol–water partition coefficient (Wildman–Crippen LogP) is 0.749. The molecule has 1 heterocycles. The number of carboxylic acid groups (broad SMARTS) is 1. The Hall–Kier alpha value is -0.620. The van der Waals surface area contributed by atoms with Crippen LogP contribution in [0.15, 0.2) is 0 Å². The Morgan fingerprint density at radius 1 is 1.41 bits per heavy atom. The van der Waals surface area contributed by atoms with Crippen LogP contribution in [0.25, 0.3) is 0 Å². The van der Waals surface area contributed by atoms with Gasteiger partial charge in [-0.25, -0.2) is 8.42 Å². The van der Waals surface area contributed by atoms with Crippen LogP contribution in [0.5, 0.6) is 0 Å². The van der Waals surface area contributed by atoms with Crippen LogP contribution in [0, 0.1) is 0 Å². The van der Waals surface area contributed by atoms with Crippen molar-refractivity contribution in [2.24, 2.45) is 0 Å². The quantitative estimate of drug-likeness (QED) is 0.792. The van der Waals surface area contributed by atoms with E-state index in [9.17, 15) is 13.2 Å². The van der Waals surface area contributed by atoms with Gasteiger partial charge in [-0.3, -0.25) is 9.69 Å². The molecule has 0 saturated carbocycles. The molecule has 1 saturated heterocycles. The summed E-state index contributed by atoms with van der Waals surface area (Å²) < 4.78 is 22.7. The number of carboxylic acids is 1. The van der Waals surface area contributed by atoms with E-state index in [0.29, 0.717) is 12.8 Å². The topological polar surface area (TPSA) is 74.7 Å². The van der Waals surface area contributed by atoms with Crippen molar-refractivity contribution in [3.05, 3.63) is 0 Å². The van der Waals surface area contributed by atoms with Crippen molar-refractivity contribution in [1.82, 2.24) is 4.90 Å². The molecule has 1 aliphatic rings. The summed E-state index contributed by atoms with van der Waals surface area (Å²) in [5.74, 6) is -0.346. The van der Waals surface area contributed by atoms with Crippen LogP contribution in [-0.2, 0) is 14.6 Å². The number of hydrogen-bond acceptors (Lipinski definition) is 4. The average Bonchev–Trinajstić information content (AvgIpc) is 2.20. The number of nitrogens with zero attached hydrogens (tertiary/aromatic N) is 1. The van der Waals surface area contributed by atoms with E-state index in [-0.39, 0.29) is 30.0 Å². The monoisotopic (exact) mass is 263 g/mol. The van der Waals surface area contributed by atoms with Gasteiger partial charge in [0.25, 0.3) is 0 Å². The first-order valence-corrected chi connectivity index (χ1v) is 7.86. The first kappa shape index (κ1) is 14.4. The van der Waals surface area contributed by atoms with Gasteiger partial charge in [0.2, 0.25) is 0 Å². The zero-order chi connectivity index (χ0) is 13.1. The molecule has 6 heteroatoms. The molecule has 0 aliphatic carbocycles. The molecule has 0 aromatic rings. The van der Waals surface area contributed by atoms with E-state index in [2.05, 4.69) is 4.90 Å². The maximum atomic E-state index is 11.3. The lowest BCUT2D eigenvalue weighted by Crippen LogP contribution is -2.46. The van der Waals surface area contributed by atoms with Crippen LogP contribution in [0.2, 0.25) is 0 Å². The van der Waals surface area contributed by atoms with E-state index in [1.807, 2.05) is 13.8 Å². The van der Waals surface area contributed by atoms with Gasteiger partial charge in [-0.1, -0.05) is 6.92 Å². The minimum Gasteiger partial charge on any atom is -0.481 e. The summed E-state index contributed by atoms with van der Waals surface area (Å²) in [5, 5.41) is 8.79. The highest BCUT2D eigenvalue weighted by Crippen LogP contribution is 2.21. The molecule has 100 valence electrons. The van der Waals surface area contributed by atoms with Crippen LogP contribution in [0.1, 0.15) is 33.1 Å². The van der Waals surface area contributed by atoms with Gasteiger partial charge < -0.3 is 5.11 Å². The summed E-state index contributed by atoms with van der Waals surface area (Å²) in [6.45, 7) is 4.64. The lowest BCUT2D eigenvalue weighted by atomic mass is 10.1. The minimum atomic E-state index is -2.85. The molecule has 0 bridgehead atoms. The normalized spacial score (nSPS) is 22.5. The van der Waals surface area contributed by atoms with Gasteiger partial charge in [-0.15, -0.1) is 0 Å². The summed E-state index contributed by atoms with van der Waals surface area (Å²) >= 11 is 0.